The largest absolute Gasteiger partial charge is 0.491 e. The highest BCUT2D eigenvalue weighted by molar-refractivity contribution is 5.21. The van der Waals surface area contributed by atoms with E-state index < -0.39 is 0 Å². The molecule has 112 valence electrons. The van der Waals surface area contributed by atoms with E-state index in [9.17, 15) is 4.39 Å². The van der Waals surface area contributed by atoms with Crippen molar-refractivity contribution in [1.82, 2.24) is 5.32 Å². The van der Waals surface area contributed by atoms with Crippen molar-refractivity contribution in [3.8, 4) is 5.75 Å². The van der Waals surface area contributed by atoms with Crippen molar-refractivity contribution in [1.29, 1.82) is 0 Å². The summed E-state index contributed by atoms with van der Waals surface area (Å²) in [6.07, 6.45) is 2.69. The maximum Gasteiger partial charge on any atom is 0.123 e. The Labute approximate surface area is 119 Å². The Balaban J connectivity index is 1.40. The highest BCUT2D eigenvalue weighted by Gasteiger charge is 2.13. The summed E-state index contributed by atoms with van der Waals surface area (Å²) in [5.74, 6) is 0.400. The number of halogens is 1. The second-order valence-electron chi connectivity index (χ2n) is 4.75. The number of rotatable bonds is 9. The molecule has 1 aliphatic heterocycles. The molecule has 0 amide bonds. The molecule has 1 fully saturated rings. The van der Waals surface area contributed by atoms with Crippen LogP contribution in [0.25, 0.3) is 0 Å². The summed E-state index contributed by atoms with van der Waals surface area (Å²) in [6, 6.07) is 5.98. The summed E-state index contributed by atoms with van der Waals surface area (Å²) in [4.78, 5) is 0. The van der Waals surface area contributed by atoms with Gasteiger partial charge in [-0.25, -0.2) is 4.39 Å². The number of nitrogens with one attached hydrogen (secondary N) is 1. The van der Waals surface area contributed by atoms with Gasteiger partial charge in [-0.1, -0.05) is 0 Å². The molecule has 0 aromatic heterocycles. The van der Waals surface area contributed by atoms with Crippen LogP contribution in [-0.4, -0.2) is 45.6 Å². The lowest BCUT2D eigenvalue weighted by molar-refractivity contribution is 0.0906. The summed E-state index contributed by atoms with van der Waals surface area (Å²) in [6.45, 7) is 4.26. The van der Waals surface area contributed by atoms with Gasteiger partial charge >= 0.3 is 0 Å². The third-order valence-corrected chi connectivity index (χ3v) is 3.13. The number of hydrogen-bond acceptors (Lipinski definition) is 4. The summed E-state index contributed by atoms with van der Waals surface area (Å²) in [7, 11) is 0. The van der Waals surface area contributed by atoms with Gasteiger partial charge in [0.1, 0.15) is 18.2 Å². The van der Waals surface area contributed by atoms with Gasteiger partial charge in [-0.05, 0) is 37.1 Å². The molecular formula is C15H22FNO3. The van der Waals surface area contributed by atoms with E-state index in [1.54, 1.807) is 12.1 Å². The van der Waals surface area contributed by atoms with E-state index >= 15 is 0 Å². The molecule has 1 heterocycles. The van der Waals surface area contributed by atoms with E-state index in [1.807, 2.05) is 0 Å². The average molecular weight is 283 g/mol. The molecule has 20 heavy (non-hydrogen) atoms. The summed E-state index contributed by atoms with van der Waals surface area (Å²) >= 11 is 0. The van der Waals surface area contributed by atoms with E-state index in [-0.39, 0.29) is 5.82 Å². The van der Waals surface area contributed by atoms with Crippen molar-refractivity contribution < 1.29 is 18.6 Å². The maximum absolute atomic E-state index is 12.7. The van der Waals surface area contributed by atoms with Crippen LogP contribution in [0, 0.1) is 5.82 Å². The Kier molecular flexibility index (Phi) is 6.77. The minimum absolute atomic E-state index is 0.258. The second kappa shape index (κ2) is 8.89. The van der Waals surface area contributed by atoms with Gasteiger partial charge in [0.15, 0.2) is 0 Å². The first-order chi connectivity index (χ1) is 9.84. The van der Waals surface area contributed by atoms with E-state index in [0.717, 1.165) is 26.1 Å². The Morgan fingerprint density at radius 1 is 1.20 bits per heavy atom. The lowest BCUT2D eigenvalue weighted by Crippen LogP contribution is -2.29. The van der Waals surface area contributed by atoms with Crippen molar-refractivity contribution in [3.63, 3.8) is 0 Å². The van der Waals surface area contributed by atoms with Gasteiger partial charge in [-0.3, -0.25) is 0 Å². The quantitative estimate of drug-likeness (QED) is 0.704. The van der Waals surface area contributed by atoms with Crippen LogP contribution in [0.5, 0.6) is 5.75 Å². The molecule has 0 radical (unpaired) electrons. The Morgan fingerprint density at radius 3 is 2.80 bits per heavy atom. The fourth-order valence-electron chi connectivity index (χ4n) is 2.06. The van der Waals surface area contributed by atoms with Gasteiger partial charge < -0.3 is 19.5 Å². The zero-order valence-electron chi connectivity index (χ0n) is 11.6. The van der Waals surface area contributed by atoms with Crippen LogP contribution in [0.1, 0.15) is 12.8 Å². The second-order valence-corrected chi connectivity index (χ2v) is 4.75. The standard InChI is InChI=1S/C15H22FNO3/c16-13-3-5-14(6-4-13)20-11-10-18-9-7-17-12-15-2-1-8-19-15/h3-6,15,17H,1-2,7-12H2/t15-/m1/s1. The van der Waals surface area contributed by atoms with Gasteiger partial charge in [0.2, 0.25) is 0 Å². The van der Waals surface area contributed by atoms with Crippen LogP contribution in [0.15, 0.2) is 24.3 Å². The lowest BCUT2D eigenvalue weighted by Gasteiger charge is -2.11. The van der Waals surface area contributed by atoms with Crippen LogP contribution < -0.4 is 10.1 Å². The van der Waals surface area contributed by atoms with Crippen molar-refractivity contribution in [3.05, 3.63) is 30.1 Å². The SMILES string of the molecule is Fc1ccc(OCCOCCNC[C@H]2CCCO2)cc1. The summed E-state index contributed by atoms with van der Waals surface area (Å²) in [5, 5.41) is 3.31. The van der Waals surface area contributed by atoms with Gasteiger partial charge in [0, 0.05) is 19.7 Å². The predicted molar refractivity (Wildman–Crippen MR) is 74.6 cm³/mol. The van der Waals surface area contributed by atoms with Crippen LogP contribution in [0.4, 0.5) is 4.39 Å². The van der Waals surface area contributed by atoms with E-state index in [4.69, 9.17) is 14.2 Å². The molecule has 1 aromatic rings. The summed E-state index contributed by atoms with van der Waals surface area (Å²) < 4.78 is 29.0. The normalized spacial score (nSPS) is 18.4. The Bertz CT molecular complexity index is 366. The molecule has 2 rings (SSSR count). The molecular weight excluding hydrogens is 261 g/mol. The van der Waals surface area contributed by atoms with Crippen LogP contribution >= 0.6 is 0 Å². The fourth-order valence-corrected chi connectivity index (χ4v) is 2.06. The maximum atomic E-state index is 12.7. The van der Waals surface area contributed by atoms with Gasteiger partial charge in [0.05, 0.1) is 19.3 Å². The van der Waals surface area contributed by atoms with Crippen LogP contribution in [0.3, 0.4) is 0 Å². The molecule has 0 bridgehead atoms. The van der Waals surface area contributed by atoms with Crippen LogP contribution in [0.2, 0.25) is 0 Å². The molecule has 1 aromatic carbocycles. The smallest absolute Gasteiger partial charge is 0.123 e. The average Bonchev–Trinajstić information content (AvgIpc) is 2.97. The molecule has 5 heteroatoms. The molecule has 4 nitrogen and oxygen atoms in total. The molecule has 1 saturated heterocycles. The zero-order valence-corrected chi connectivity index (χ0v) is 11.6. The Hall–Kier alpha value is -1.17. The number of ether oxygens (including phenoxy) is 3. The minimum Gasteiger partial charge on any atom is -0.491 e. The molecule has 1 N–H and O–H groups in total. The molecule has 1 atom stereocenters. The fraction of sp³-hybridized carbons (Fsp3) is 0.600. The van der Waals surface area contributed by atoms with E-state index in [2.05, 4.69) is 5.32 Å². The third-order valence-electron chi connectivity index (χ3n) is 3.13. The topological polar surface area (TPSA) is 39.7 Å². The van der Waals surface area contributed by atoms with Gasteiger partial charge in [-0.15, -0.1) is 0 Å². The van der Waals surface area contributed by atoms with Crippen molar-refractivity contribution in [2.45, 2.75) is 18.9 Å². The third kappa shape index (κ3) is 5.86. The van der Waals surface area contributed by atoms with Crippen molar-refractivity contribution in [2.24, 2.45) is 0 Å². The highest BCUT2D eigenvalue weighted by atomic mass is 19.1. The van der Waals surface area contributed by atoms with Crippen LogP contribution in [-0.2, 0) is 9.47 Å². The zero-order chi connectivity index (χ0) is 14.0. The first-order valence-corrected chi connectivity index (χ1v) is 7.13. The lowest BCUT2D eigenvalue weighted by atomic mass is 10.2. The summed E-state index contributed by atoms with van der Waals surface area (Å²) in [5.41, 5.74) is 0. The first-order valence-electron chi connectivity index (χ1n) is 7.13. The number of hydrogen-bond donors (Lipinski definition) is 1. The van der Waals surface area contributed by atoms with E-state index in [0.29, 0.717) is 31.7 Å². The molecule has 0 unspecified atom stereocenters. The van der Waals surface area contributed by atoms with Crippen molar-refractivity contribution >= 4 is 0 Å². The van der Waals surface area contributed by atoms with E-state index in [1.165, 1.54) is 18.6 Å². The number of benzene rings is 1. The molecule has 0 spiro atoms. The molecule has 0 saturated carbocycles. The molecule has 0 aliphatic carbocycles. The molecule has 1 aliphatic rings. The van der Waals surface area contributed by atoms with Crippen molar-refractivity contribution in [2.75, 3.05) is 39.5 Å². The first kappa shape index (κ1) is 15.2. The van der Waals surface area contributed by atoms with Gasteiger partial charge in [-0.2, -0.15) is 0 Å². The van der Waals surface area contributed by atoms with Gasteiger partial charge in [0.25, 0.3) is 0 Å². The predicted octanol–water partition coefficient (Wildman–Crippen LogP) is 1.99. The Morgan fingerprint density at radius 2 is 2.05 bits per heavy atom. The minimum atomic E-state index is -0.258. The highest BCUT2D eigenvalue weighted by Crippen LogP contribution is 2.11. The monoisotopic (exact) mass is 283 g/mol.